The maximum atomic E-state index is 12.3. The largest absolute Gasteiger partial charge is 0.449 e. The molecule has 0 spiro atoms. The standard InChI is InChI=1S/C18H17ClN2O5/c1-10-4-5-11(2)15(8-10)20-17(22)12(3)26-18(23)14-7-6-13(19)9-16(14)21(24)25/h4-9,12H,1-3H3,(H,20,22). The van der Waals surface area contributed by atoms with Crippen LogP contribution in [0, 0.1) is 24.0 Å². The van der Waals surface area contributed by atoms with E-state index in [9.17, 15) is 19.7 Å². The minimum Gasteiger partial charge on any atom is -0.449 e. The number of nitro benzene ring substituents is 1. The Morgan fingerprint density at radius 1 is 1.19 bits per heavy atom. The third-order valence-corrected chi connectivity index (χ3v) is 3.92. The minimum absolute atomic E-state index is 0.119. The highest BCUT2D eigenvalue weighted by molar-refractivity contribution is 6.31. The Balaban J connectivity index is 2.13. The van der Waals surface area contributed by atoms with Gasteiger partial charge in [-0.3, -0.25) is 14.9 Å². The number of nitrogens with one attached hydrogen (secondary N) is 1. The van der Waals surface area contributed by atoms with Crippen LogP contribution in [0.2, 0.25) is 5.02 Å². The zero-order valence-electron chi connectivity index (χ0n) is 14.4. The van der Waals surface area contributed by atoms with Gasteiger partial charge in [-0.05, 0) is 50.1 Å². The lowest BCUT2D eigenvalue weighted by atomic mass is 10.1. The van der Waals surface area contributed by atoms with Crippen LogP contribution >= 0.6 is 11.6 Å². The minimum atomic E-state index is -1.14. The molecule has 26 heavy (non-hydrogen) atoms. The molecular weight excluding hydrogens is 360 g/mol. The van der Waals surface area contributed by atoms with Gasteiger partial charge in [-0.1, -0.05) is 23.7 Å². The van der Waals surface area contributed by atoms with E-state index in [4.69, 9.17) is 16.3 Å². The van der Waals surface area contributed by atoms with Crippen molar-refractivity contribution >= 4 is 34.9 Å². The van der Waals surface area contributed by atoms with Gasteiger partial charge in [-0.2, -0.15) is 0 Å². The van der Waals surface area contributed by atoms with Crippen molar-refractivity contribution in [2.45, 2.75) is 26.9 Å². The molecule has 8 heteroatoms. The van der Waals surface area contributed by atoms with Gasteiger partial charge < -0.3 is 10.1 Å². The normalized spacial score (nSPS) is 11.5. The summed E-state index contributed by atoms with van der Waals surface area (Å²) in [4.78, 5) is 34.8. The number of aryl methyl sites for hydroxylation is 2. The second kappa shape index (κ2) is 7.97. The molecule has 2 aromatic carbocycles. The van der Waals surface area contributed by atoms with Crippen molar-refractivity contribution in [3.8, 4) is 0 Å². The number of hydrogen-bond donors (Lipinski definition) is 1. The number of nitro groups is 1. The second-order valence-electron chi connectivity index (χ2n) is 5.77. The van der Waals surface area contributed by atoms with Gasteiger partial charge in [0.05, 0.1) is 4.92 Å². The van der Waals surface area contributed by atoms with Gasteiger partial charge in [-0.15, -0.1) is 0 Å². The average Bonchev–Trinajstić information content (AvgIpc) is 2.57. The lowest BCUT2D eigenvalue weighted by Gasteiger charge is -2.15. The Morgan fingerprint density at radius 3 is 2.54 bits per heavy atom. The highest BCUT2D eigenvalue weighted by atomic mass is 35.5. The molecule has 0 aliphatic carbocycles. The molecule has 1 atom stereocenters. The van der Waals surface area contributed by atoms with Gasteiger partial charge in [0.1, 0.15) is 5.56 Å². The molecule has 0 aromatic heterocycles. The third-order valence-electron chi connectivity index (χ3n) is 3.68. The molecular formula is C18H17ClN2O5. The van der Waals surface area contributed by atoms with Crippen molar-refractivity contribution < 1.29 is 19.2 Å². The van der Waals surface area contributed by atoms with Crippen LogP contribution in [0.1, 0.15) is 28.4 Å². The van der Waals surface area contributed by atoms with Crippen LogP contribution < -0.4 is 5.32 Å². The first-order valence-electron chi connectivity index (χ1n) is 7.72. The summed E-state index contributed by atoms with van der Waals surface area (Å²) in [5, 5.41) is 13.9. The number of carbonyl (C=O) groups excluding carboxylic acids is 2. The predicted molar refractivity (Wildman–Crippen MR) is 97.5 cm³/mol. The summed E-state index contributed by atoms with van der Waals surface area (Å²) in [6, 6.07) is 9.15. The predicted octanol–water partition coefficient (Wildman–Crippen LogP) is 4.05. The van der Waals surface area contributed by atoms with E-state index in [1.165, 1.54) is 19.1 Å². The number of ether oxygens (including phenoxy) is 1. The van der Waals surface area contributed by atoms with Gasteiger partial charge in [0.15, 0.2) is 6.10 Å². The average molecular weight is 377 g/mol. The molecule has 7 nitrogen and oxygen atoms in total. The molecule has 0 fully saturated rings. The summed E-state index contributed by atoms with van der Waals surface area (Å²) >= 11 is 5.72. The monoisotopic (exact) mass is 376 g/mol. The highest BCUT2D eigenvalue weighted by Crippen LogP contribution is 2.24. The lowest BCUT2D eigenvalue weighted by molar-refractivity contribution is -0.385. The fourth-order valence-electron chi connectivity index (χ4n) is 2.21. The van der Waals surface area contributed by atoms with E-state index in [0.29, 0.717) is 5.69 Å². The third kappa shape index (κ3) is 4.58. The van der Waals surface area contributed by atoms with E-state index in [2.05, 4.69) is 5.32 Å². The van der Waals surface area contributed by atoms with Crippen molar-refractivity contribution in [2.24, 2.45) is 0 Å². The smallest absolute Gasteiger partial charge is 0.345 e. The molecule has 0 aliphatic heterocycles. The number of esters is 1. The molecule has 1 unspecified atom stereocenters. The maximum absolute atomic E-state index is 12.3. The fraction of sp³-hybridized carbons (Fsp3) is 0.222. The Labute approximate surface area is 155 Å². The van der Waals surface area contributed by atoms with Gasteiger partial charge in [-0.25, -0.2) is 4.79 Å². The van der Waals surface area contributed by atoms with Gasteiger partial charge in [0.2, 0.25) is 0 Å². The topological polar surface area (TPSA) is 98.5 Å². The van der Waals surface area contributed by atoms with Crippen molar-refractivity contribution in [1.29, 1.82) is 0 Å². The molecule has 2 aromatic rings. The van der Waals surface area contributed by atoms with Crippen LogP contribution in [-0.2, 0) is 9.53 Å². The quantitative estimate of drug-likeness (QED) is 0.482. The summed E-state index contributed by atoms with van der Waals surface area (Å²) in [7, 11) is 0. The zero-order valence-corrected chi connectivity index (χ0v) is 15.2. The number of carbonyl (C=O) groups is 2. The van der Waals surface area contributed by atoms with Crippen LogP contribution in [0.3, 0.4) is 0 Å². The molecule has 0 radical (unpaired) electrons. The van der Waals surface area contributed by atoms with E-state index >= 15 is 0 Å². The van der Waals surface area contributed by atoms with Crippen LogP contribution in [0.15, 0.2) is 36.4 Å². The Kier molecular flexibility index (Phi) is 5.94. The van der Waals surface area contributed by atoms with Crippen molar-refractivity contribution in [3.63, 3.8) is 0 Å². The van der Waals surface area contributed by atoms with E-state index < -0.39 is 28.6 Å². The van der Waals surface area contributed by atoms with Crippen LogP contribution in [-0.4, -0.2) is 22.9 Å². The molecule has 0 aliphatic rings. The first-order valence-corrected chi connectivity index (χ1v) is 8.10. The summed E-state index contributed by atoms with van der Waals surface area (Å²) in [5.41, 5.74) is 1.67. The number of hydrogen-bond acceptors (Lipinski definition) is 5. The fourth-order valence-corrected chi connectivity index (χ4v) is 2.38. The summed E-state index contributed by atoms with van der Waals surface area (Å²) in [5.74, 6) is -1.51. The van der Waals surface area contributed by atoms with E-state index in [1.54, 1.807) is 6.07 Å². The van der Waals surface area contributed by atoms with E-state index in [1.807, 2.05) is 26.0 Å². The Bertz CT molecular complexity index is 882. The summed E-state index contributed by atoms with van der Waals surface area (Å²) < 4.78 is 5.07. The summed E-state index contributed by atoms with van der Waals surface area (Å²) in [6.07, 6.45) is -1.14. The molecule has 1 N–H and O–H groups in total. The first kappa shape index (κ1) is 19.4. The van der Waals surface area contributed by atoms with Gasteiger partial charge in [0.25, 0.3) is 11.6 Å². The molecule has 0 heterocycles. The number of halogens is 1. The van der Waals surface area contributed by atoms with Crippen LogP contribution in [0.25, 0.3) is 0 Å². The Morgan fingerprint density at radius 2 is 1.88 bits per heavy atom. The zero-order chi connectivity index (χ0) is 19.4. The number of anilines is 1. The number of amides is 1. The maximum Gasteiger partial charge on any atom is 0.345 e. The van der Waals surface area contributed by atoms with Gasteiger partial charge in [0, 0.05) is 16.8 Å². The molecule has 0 saturated carbocycles. The lowest BCUT2D eigenvalue weighted by Crippen LogP contribution is -2.30. The number of rotatable bonds is 5. The molecule has 136 valence electrons. The number of benzene rings is 2. The second-order valence-corrected chi connectivity index (χ2v) is 6.21. The van der Waals surface area contributed by atoms with Crippen LogP contribution in [0.5, 0.6) is 0 Å². The molecule has 1 amide bonds. The van der Waals surface area contributed by atoms with E-state index in [-0.39, 0.29) is 10.6 Å². The number of nitrogens with zero attached hydrogens (tertiary/aromatic N) is 1. The van der Waals surface area contributed by atoms with E-state index in [0.717, 1.165) is 17.2 Å². The van der Waals surface area contributed by atoms with Crippen LogP contribution in [0.4, 0.5) is 11.4 Å². The molecule has 0 bridgehead atoms. The SMILES string of the molecule is Cc1ccc(C)c(NC(=O)C(C)OC(=O)c2ccc(Cl)cc2[N+](=O)[O-])c1. The Hall–Kier alpha value is -2.93. The van der Waals surface area contributed by atoms with Gasteiger partial charge >= 0.3 is 5.97 Å². The highest BCUT2D eigenvalue weighted by Gasteiger charge is 2.26. The first-order chi connectivity index (χ1) is 12.2. The van der Waals surface area contributed by atoms with Crippen molar-refractivity contribution in [3.05, 3.63) is 68.2 Å². The van der Waals surface area contributed by atoms with Crippen molar-refractivity contribution in [1.82, 2.24) is 0 Å². The van der Waals surface area contributed by atoms with Crippen molar-refractivity contribution in [2.75, 3.05) is 5.32 Å². The molecule has 2 rings (SSSR count). The summed E-state index contributed by atoms with van der Waals surface area (Å²) in [6.45, 7) is 5.11. The molecule has 0 saturated heterocycles.